The minimum Gasteiger partial charge on any atom is -0.506 e. The molecular formula is C16H13ClN2O3. The van der Waals surface area contributed by atoms with E-state index in [4.69, 9.17) is 11.6 Å². The van der Waals surface area contributed by atoms with Gasteiger partial charge in [-0.25, -0.2) is 0 Å². The first-order chi connectivity index (χ1) is 10.6. The van der Waals surface area contributed by atoms with Gasteiger partial charge >= 0.3 is 11.8 Å². The maximum absolute atomic E-state index is 12.3. The van der Waals surface area contributed by atoms with E-state index < -0.39 is 11.8 Å². The summed E-state index contributed by atoms with van der Waals surface area (Å²) in [5, 5.41) is 12.4. The van der Waals surface area contributed by atoms with Crippen LogP contribution >= 0.6 is 11.6 Å². The number of anilines is 2. The highest BCUT2D eigenvalue weighted by Crippen LogP contribution is 2.29. The van der Waals surface area contributed by atoms with Gasteiger partial charge in [0.05, 0.1) is 5.69 Å². The van der Waals surface area contributed by atoms with Gasteiger partial charge in [0.25, 0.3) is 0 Å². The molecular weight excluding hydrogens is 304 g/mol. The van der Waals surface area contributed by atoms with Gasteiger partial charge in [0.2, 0.25) is 0 Å². The first-order valence-electron chi connectivity index (χ1n) is 6.75. The van der Waals surface area contributed by atoms with Crippen LogP contribution in [0.2, 0.25) is 5.02 Å². The van der Waals surface area contributed by atoms with Gasteiger partial charge in [-0.15, -0.1) is 0 Å². The fourth-order valence-electron chi connectivity index (χ4n) is 2.46. The van der Waals surface area contributed by atoms with Crippen molar-refractivity contribution in [2.45, 2.75) is 6.42 Å². The average Bonchev–Trinajstić information content (AvgIpc) is 2.94. The number of halogens is 1. The van der Waals surface area contributed by atoms with Crippen LogP contribution in [0, 0.1) is 0 Å². The molecule has 6 heteroatoms. The number of rotatable bonds is 1. The second-order valence-corrected chi connectivity index (χ2v) is 5.39. The number of nitrogens with one attached hydrogen (secondary N) is 1. The summed E-state index contributed by atoms with van der Waals surface area (Å²) < 4.78 is 0. The molecule has 0 saturated heterocycles. The summed E-state index contributed by atoms with van der Waals surface area (Å²) in [5.74, 6) is -1.62. The van der Waals surface area contributed by atoms with E-state index in [0.29, 0.717) is 11.6 Å². The van der Waals surface area contributed by atoms with Crippen molar-refractivity contribution in [2.24, 2.45) is 0 Å². The van der Waals surface area contributed by atoms with Crippen LogP contribution < -0.4 is 10.2 Å². The molecule has 0 radical (unpaired) electrons. The Hall–Kier alpha value is -2.53. The van der Waals surface area contributed by atoms with Gasteiger partial charge in [0.1, 0.15) is 5.75 Å². The third-order valence-corrected chi connectivity index (χ3v) is 3.77. The van der Waals surface area contributed by atoms with E-state index in [1.54, 1.807) is 0 Å². The summed E-state index contributed by atoms with van der Waals surface area (Å²) in [5.41, 5.74) is 1.89. The SMILES string of the molecule is O=C(Nc1cc(Cl)ccc1O)C(=O)N1CCc2ccccc21. The molecule has 0 unspecified atom stereocenters. The molecule has 0 fully saturated rings. The highest BCUT2D eigenvalue weighted by molar-refractivity contribution is 6.44. The minimum absolute atomic E-state index is 0.110. The Bertz CT molecular complexity index is 761. The van der Waals surface area contributed by atoms with Crippen LogP contribution in [0.15, 0.2) is 42.5 Å². The molecule has 0 aromatic heterocycles. The molecule has 2 N–H and O–H groups in total. The largest absolute Gasteiger partial charge is 0.506 e. The highest BCUT2D eigenvalue weighted by Gasteiger charge is 2.29. The molecule has 22 heavy (non-hydrogen) atoms. The maximum Gasteiger partial charge on any atom is 0.316 e. The van der Waals surface area contributed by atoms with Crippen molar-refractivity contribution in [3.05, 3.63) is 53.1 Å². The van der Waals surface area contributed by atoms with Crippen LogP contribution in [0.5, 0.6) is 5.75 Å². The zero-order chi connectivity index (χ0) is 15.7. The molecule has 1 heterocycles. The Morgan fingerprint density at radius 3 is 2.77 bits per heavy atom. The lowest BCUT2D eigenvalue weighted by molar-refractivity contribution is -0.134. The van der Waals surface area contributed by atoms with Crippen molar-refractivity contribution in [3.63, 3.8) is 0 Å². The summed E-state index contributed by atoms with van der Waals surface area (Å²) in [7, 11) is 0. The Morgan fingerprint density at radius 1 is 1.18 bits per heavy atom. The van der Waals surface area contributed by atoms with Crippen molar-refractivity contribution in [3.8, 4) is 5.75 Å². The van der Waals surface area contributed by atoms with E-state index in [-0.39, 0.29) is 11.4 Å². The summed E-state index contributed by atoms with van der Waals surface area (Å²) in [6.45, 7) is 0.465. The fourth-order valence-corrected chi connectivity index (χ4v) is 2.63. The molecule has 0 spiro atoms. The third kappa shape index (κ3) is 2.63. The van der Waals surface area contributed by atoms with Gasteiger partial charge in [-0.1, -0.05) is 29.8 Å². The molecule has 1 aliphatic heterocycles. The van der Waals surface area contributed by atoms with Crippen LogP contribution in [-0.4, -0.2) is 23.5 Å². The number of carbonyl (C=O) groups is 2. The molecule has 112 valence electrons. The maximum atomic E-state index is 12.3. The molecule has 0 atom stereocenters. The Balaban J connectivity index is 1.79. The first kappa shape index (κ1) is 14.4. The van der Waals surface area contributed by atoms with Gasteiger partial charge in [-0.3, -0.25) is 9.59 Å². The van der Waals surface area contributed by atoms with Crippen molar-refractivity contribution in [2.75, 3.05) is 16.8 Å². The van der Waals surface area contributed by atoms with E-state index in [1.807, 2.05) is 24.3 Å². The second kappa shape index (κ2) is 5.69. The molecule has 1 aliphatic rings. The molecule has 0 saturated carbocycles. The summed E-state index contributed by atoms with van der Waals surface area (Å²) in [6, 6.07) is 11.7. The van der Waals surface area contributed by atoms with Gasteiger partial charge in [-0.2, -0.15) is 0 Å². The van der Waals surface area contributed by atoms with Crippen molar-refractivity contribution >= 4 is 34.8 Å². The predicted molar refractivity (Wildman–Crippen MR) is 84.2 cm³/mol. The van der Waals surface area contributed by atoms with Crippen molar-refractivity contribution in [1.29, 1.82) is 0 Å². The lowest BCUT2D eigenvalue weighted by Gasteiger charge is -2.17. The number of amides is 2. The first-order valence-corrected chi connectivity index (χ1v) is 7.13. The minimum atomic E-state index is -0.811. The van der Waals surface area contributed by atoms with E-state index in [1.165, 1.54) is 23.1 Å². The number of aromatic hydroxyl groups is 1. The lowest BCUT2D eigenvalue weighted by atomic mass is 10.2. The zero-order valence-corrected chi connectivity index (χ0v) is 12.3. The Labute approximate surface area is 132 Å². The zero-order valence-electron chi connectivity index (χ0n) is 11.5. The number of hydrogen-bond acceptors (Lipinski definition) is 3. The van der Waals surface area contributed by atoms with Crippen LogP contribution in [0.4, 0.5) is 11.4 Å². The third-order valence-electron chi connectivity index (χ3n) is 3.53. The highest BCUT2D eigenvalue weighted by atomic mass is 35.5. The van der Waals surface area contributed by atoms with Crippen molar-refractivity contribution in [1.82, 2.24) is 0 Å². The number of para-hydroxylation sites is 1. The molecule has 2 aromatic carbocycles. The normalized spacial score (nSPS) is 12.9. The van der Waals surface area contributed by atoms with E-state index in [9.17, 15) is 14.7 Å². The fraction of sp³-hybridized carbons (Fsp3) is 0.125. The lowest BCUT2D eigenvalue weighted by Crippen LogP contribution is -2.38. The number of carbonyl (C=O) groups excluding carboxylic acids is 2. The number of phenols is 1. The average molecular weight is 317 g/mol. The number of phenolic OH excluding ortho intramolecular Hbond substituents is 1. The second-order valence-electron chi connectivity index (χ2n) is 4.95. The van der Waals surface area contributed by atoms with Crippen molar-refractivity contribution < 1.29 is 14.7 Å². The van der Waals surface area contributed by atoms with E-state index in [2.05, 4.69) is 5.32 Å². The van der Waals surface area contributed by atoms with Crippen LogP contribution in [0.3, 0.4) is 0 Å². The number of fused-ring (bicyclic) bond motifs is 1. The number of hydrogen-bond donors (Lipinski definition) is 2. The van der Waals surface area contributed by atoms with Crippen LogP contribution in [-0.2, 0) is 16.0 Å². The Morgan fingerprint density at radius 2 is 1.95 bits per heavy atom. The summed E-state index contributed by atoms with van der Waals surface area (Å²) >= 11 is 5.82. The summed E-state index contributed by atoms with van der Waals surface area (Å²) in [4.78, 5) is 25.9. The Kier molecular flexibility index (Phi) is 3.73. The van der Waals surface area contributed by atoms with Gasteiger partial charge in [0, 0.05) is 17.3 Å². The molecule has 2 aromatic rings. The summed E-state index contributed by atoms with van der Waals surface area (Å²) in [6.07, 6.45) is 0.720. The molecule has 2 amide bonds. The standard InChI is InChI=1S/C16H13ClN2O3/c17-11-5-6-14(20)12(9-11)18-15(21)16(22)19-8-7-10-3-1-2-4-13(10)19/h1-6,9,20H,7-8H2,(H,18,21). The smallest absolute Gasteiger partial charge is 0.316 e. The van der Waals surface area contributed by atoms with E-state index in [0.717, 1.165) is 17.7 Å². The molecule has 5 nitrogen and oxygen atoms in total. The van der Waals surface area contributed by atoms with Gasteiger partial charge in [-0.05, 0) is 36.2 Å². The predicted octanol–water partition coefficient (Wildman–Crippen LogP) is 2.57. The number of benzene rings is 2. The molecule has 0 aliphatic carbocycles. The van der Waals surface area contributed by atoms with Crippen LogP contribution in [0.1, 0.15) is 5.56 Å². The van der Waals surface area contributed by atoms with Gasteiger partial charge in [0.15, 0.2) is 0 Å². The number of nitrogens with zero attached hydrogens (tertiary/aromatic N) is 1. The van der Waals surface area contributed by atoms with Gasteiger partial charge < -0.3 is 15.3 Å². The van der Waals surface area contributed by atoms with E-state index >= 15 is 0 Å². The topological polar surface area (TPSA) is 69.6 Å². The monoisotopic (exact) mass is 316 g/mol. The van der Waals surface area contributed by atoms with Crippen LogP contribution in [0.25, 0.3) is 0 Å². The molecule has 3 rings (SSSR count). The molecule has 0 bridgehead atoms. The quantitative estimate of drug-likeness (QED) is 0.627.